The minimum Gasteiger partial charge on any atom is -0.426 e. The largest absolute Gasteiger partial charge is 0.426 e. The van der Waals surface area contributed by atoms with Gasteiger partial charge in [0, 0.05) is 23.1 Å². The van der Waals surface area contributed by atoms with E-state index in [4.69, 9.17) is 4.74 Å². The van der Waals surface area contributed by atoms with E-state index in [-0.39, 0.29) is 23.9 Å². The van der Waals surface area contributed by atoms with Crippen molar-refractivity contribution in [1.29, 1.82) is 0 Å². The second-order valence-corrected chi connectivity index (χ2v) is 9.44. The minimum atomic E-state index is -0.388. The molecule has 0 radical (unpaired) electrons. The molecule has 0 aliphatic rings. The van der Waals surface area contributed by atoms with Gasteiger partial charge in [-0.15, -0.1) is 0 Å². The highest BCUT2D eigenvalue weighted by atomic mass is 16.5. The van der Waals surface area contributed by atoms with Crippen LogP contribution in [-0.2, 0) is 16.8 Å². The van der Waals surface area contributed by atoms with Gasteiger partial charge in [0.25, 0.3) is 0 Å². The molecule has 0 aliphatic heterocycles. The smallest absolute Gasteiger partial charge is 0.313 e. The van der Waals surface area contributed by atoms with Gasteiger partial charge in [0.1, 0.15) is 5.75 Å². The van der Waals surface area contributed by atoms with Crippen LogP contribution in [0.25, 0.3) is 0 Å². The molecule has 31 heavy (non-hydrogen) atoms. The van der Waals surface area contributed by atoms with Crippen molar-refractivity contribution in [3.8, 4) is 5.75 Å². The third-order valence-electron chi connectivity index (χ3n) is 6.11. The molecule has 0 bridgehead atoms. The summed E-state index contributed by atoms with van der Waals surface area (Å²) in [5, 5.41) is 9.81. The van der Waals surface area contributed by atoms with Crippen LogP contribution in [0.3, 0.4) is 0 Å². The highest BCUT2D eigenvalue weighted by molar-refractivity contribution is 5.75. The number of esters is 1. The summed E-state index contributed by atoms with van der Waals surface area (Å²) >= 11 is 0. The van der Waals surface area contributed by atoms with E-state index >= 15 is 0 Å². The van der Waals surface area contributed by atoms with E-state index in [9.17, 15) is 9.90 Å². The van der Waals surface area contributed by atoms with Gasteiger partial charge in [-0.05, 0) is 63.9 Å². The number of carbonyl (C=O) groups is 1. The molecule has 170 valence electrons. The fraction of sp³-hybridized carbons (Fsp3) is 0.519. The van der Waals surface area contributed by atoms with Crippen LogP contribution >= 0.6 is 0 Å². The van der Waals surface area contributed by atoms with Crippen molar-refractivity contribution in [3.05, 3.63) is 65.2 Å². The number of aliphatic hydroxyl groups is 1. The molecule has 2 aromatic rings. The molecule has 0 aromatic heterocycles. The van der Waals surface area contributed by atoms with Gasteiger partial charge >= 0.3 is 5.97 Å². The number of nitrogens with zero attached hydrogens (tertiary/aromatic N) is 1. The molecule has 2 rings (SSSR count). The van der Waals surface area contributed by atoms with Crippen LogP contribution in [0, 0.1) is 5.92 Å². The lowest BCUT2D eigenvalue weighted by molar-refractivity contribution is -0.137. The Morgan fingerprint density at radius 1 is 1.00 bits per heavy atom. The van der Waals surface area contributed by atoms with Gasteiger partial charge in [-0.3, -0.25) is 9.69 Å². The third-order valence-corrected chi connectivity index (χ3v) is 6.11. The van der Waals surface area contributed by atoms with E-state index in [1.54, 1.807) is 0 Å². The third kappa shape index (κ3) is 6.18. The first kappa shape index (κ1) is 25.1. The van der Waals surface area contributed by atoms with E-state index in [2.05, 4.69) is 51.7 Å². The van der Waals surface area contributed by atoms with Crippen molar-refractivity contribution in [3.63, 3.8) is 0 Å². The first-order valence-electron chi connectivity index (χ1n) is 11.4. The molecule has 0 saturated heterocycles. The zero-order valence-corrected chi connectivity index (χ0v) is 20.2. The molecule has 0 amide bonds. The van der Waals surface area contributed by atoms with Crippen molar-refractivity contribution >= 4 is 5.97 Å². The lowest BCUT2D eigenvalue weighted by Crippen LogP contribution is -2.40. The molecule has 0 saturated carbocycles. The standard InChI is InChI=1S/C27H39NO3/c1-19(2)26(30)31-25-14-13-22(18-29)17-24(25)27(7,23-11-9-8-10-12-23)15-16-28(20(3)4)21(5)6/h8-14,17,19-21,29H,15-16,18H2,1-7H3. The van der Waals surface area contributed by atoms with E-state index < -0.39 is 0 Å². The fourth-order valence-electron chi connectivity index (χ4n) is 4.13. The summed E-state index contributed by atoms with van der Waals surface area (Å²) in [5.41, 5.74) is 2.53. The summed E-state index contributed by atoms with van der Waals surface area (Å²) < 4.78 is 5.84. The van der Waals surface area contributed by atoms with Crippen molar-refractivity contribution in [2.45, 2.75) is 79.0 Å². The minimum absolute atomic E-state index is 0.0552. The average molecular weight is 426 g/mol. The monoisotopic (exact) mass is 425 g/mol. The number of aliphatic hydroxyl groups excluding tert-OH is 1. The summed E-state index contributed by atoms with van der Waals surface area (Å²) in [4.78, 5) is 14.9. The maximum absolute atomic E-state index is 12.4. The number of carbonyl (C=O) groups excluding carboxylic acids is 1. The molecule has 1 atom stereocenters. The number of benzene rings is 2. The summed E-state index contributed by atoms with van der Waals surface area (Å²) in [5.74, 6) is 0.105. The summed E-state index contributed by atoms with van der Waals surface area (Å²) in [6, 6.07) is 16.9. The van der Waals surface area contributed by atoms with Gasteiger partial charge in [-0.1, -0.05) is 57.2 Å². The molecular weight excluding hydrogens is 386 g/mol. The molecule has 0 fully saturated rings. The van der Waals surface area contributed by atoms with Crippen LogP contribution in [0.2, 0.25) is 0 Å². The van der Waals surface area contributed by atoms with Gasteiger partial charge in [-0.25, -0.2) is 0 Å². The van der Waals surface area contributed by atoms with Gasteiger partial charge in [0.05, 0.1) is 12.5 Å². The summed E-state index contributed by atoms with van der Waals surface area (Å²) in [6.45, 7) is 15.6. The predicted molar refractivity (Wildman–Crippen MR) is 127 cm³/mol. The maximum Gasteiger partial charge on any atom is 0.313 e. The second kappa shape index (κ2) is 10.9. The Morgan fingerprint density at radius 2 is 1.61 bits per heavy atom. The van der Waals surface area contributed by atoms with Crippen LogP contribution in [-0.4, -0.2) is 34.6 Å². The molecule has 4 heteroatoms. The fourth-order valence-corrected chi connectivity index (χ4v) is 4.13. The zero-order chi connectivity index (χ0) is 23.2. The molecule has 1 N–H and O–H groups in total. The maximum atomic E-state index is 12.4. The lowest BCUT2D eigenvalue weighted by atomic mass is 9.72. The van der Waals surface area contributed by atoms with Crippen LogP contribution in [0.15, 0.2) is 48.5 Å². The van der Waals surface area contributed by atoms with Gasteiger partial charge < -0.3 is 9.84 Å². The van der Waals surface area contributed by atoms with Gasteiger partial charge in [0.15, 0.2) is 0 Å². The molecule has 0 heterocycles. The Labute approximate surface area is 188 Å². The quantitative estimate of drug-likeness (QED) is 0.400. The summed E-state index contributed by atoms with van der Waals surface area (Å²) in [7, 11) is 0. The lowest BCUT2D eigenvalue weighted by Gasteiger charge is -2.37. The topological polar surface area (TPSA) is 49.8 Å². The van der Waals surface area contributed by atoms with Crippen molar-refractivity contribution in [1.82, 2.24) is 4.90 Å². The van der Waals surface area contributed by atoms with Crippen LogP contribution in [0.1, 0.15) is 71.6 Å². The van der Waals surface area contributed by atoms with Crippen LogP contribution < -0.4 is 4.74 Å². The van der Waals surface area contributed by atoms with E-state index in [1.165, 1.54) is 5.56 Å². The highest BCUT2D eigenvalue weighted by Crippen LogP contribution is 2.41. The summed E-state index contributed by atoms with van der Waals surface area (Å²) in [6.07, 6.45) is 0.856. The second-order valence-electron chi connectivity index (χ2n) is 9.44. The molecule has 4 nitrogen and oxygen atoms in total. The SMILES string of the molecule is CC(C)C(=O)Oc1ccc(CO)cc1C(C)(CCN(C(C)C)C(C)C)c1ccccc1. The van der Waals surface area contributed by atoms with E-state index in [0.29, 0.717) is 17.8 Å². The van der Waals surface area contributed by atoms with Gasteiger partial charge in [-0.2, -0.15) is 0 Å². The zero-order valence-electron chi connectivity index (χ0n) is 20.2. The number of rotatable bonds is 10. The Kier molecular flexibility index (Phi) is 8.84. The Morgan fingerprint density at radius 3 is 2.13 bits per heavy atom. The Hall–Kier alpha value is -2.17. The average Bonchev–Trinajstić information content (AvgIpc) is 2.73. The predicted octanol–water partition coefficient (Wildman–Crippen LogP) is 5.56. The number of ether oxygens (including phenoxy) is 1. The van der Waals surface area contributed by atoms with E-state index in [1.807, 2.05) is 50.2 Å². The molecule has 2 aromatic carbocycles. The first-order valence-corrected chi connectivity index (χ1v) is 11.4. The molecule has 0 aliphatic carbocycles. The Bertz CT molecular complexity index is 837. The molecule has 0 spiro atoms. The molecule has 1 unspecified atom stereocenters. The number of hydrogen-bond donors (Lipinski definition) is 1. The van der Waals surface area contributed by atoms with Crippen molar-refractivity contribution < 1.29 is 14.6 Å². The number of hydrogen-bond acceptors (Lipinski definition) is 4. The van der Waals surface area contributed by atoms with E-state index in [0.717, 1.165) is 24.1 Å². The van der Waals surface area contributed by atoms with Crippen molar-refractivity contribution in [2.24, 2.45) is 5.92 Å². The highest BCUT2D eigenvalue weighted by Gasteiger charge is 2.34. The van der Waals surface area contributed by atoms with Crippen LogP contribution in [0.5, 0.6) is 5.75 Å². The Balaban J connectivity index is 2.59. The molecular formula is C27H39NO3. The first-order chi connectivity index (χ1) is 14.6. The normalized spacial score (nSPS) is 13.8. The van der Waals surface area contributed by atoms with Crippen LogP contribution in [0.4, 0.5) is 0 Å². The van der Waals surface area contributed by atoms with Crippen molar-refractivity contribution in [2.75, 3.05) is 6.54 Å². The van der Waals surface area contributed by atoms with Gasteiger partial charge in [0.2, 0.25) is 0 Å².